The van der Waals surface area contributed by atoms with Crippen molar-refractivity contribution >= 4 is 0 Å². The van der Waals surface area contributed by atoms with Crippen LogP contribution in [0.5, 0.6) is 0 Å². The van der Waals surface area contributed by atoms with Crippen molar-refractivity contribution in [2.45, 2.75) is 70.4 Å². The van der Waals surface area contributed by atoms with E-state index in [0.29, 0.717) is 11.5 Å². The second-order valence-corrected chi connectivity index (χ2v) is 5.70. The van der Waals surface area contributed by atoms with E-state index in [1.807, 2.05) is 0 Å². The van der Waals surface area contributed by atoms with Crippen molar-refractivity contribution in [2.75, 3.05) is 6.54 Å². The van der Waals surface area contributed by atoms with Crippen LogP contribution in [0.3, 0.4) is 0 Å². The van der Waals surface area contributed by atoms with E-state index in [9.17, 15) is 0 Å². The van der Waals surface area contributed by atoms with Crippen molar-refractivity contribution in [1.29, 1.82) is 0 Å². The van der Waals surface area contributed by atoms with E-state index in [1.54, 1.807) is 0 Å². The number of rotatable bonds is 4. The zero-order chi connectivity index (χ0) is 10.7. The largest absolute Gasteiger partial charge is 0.328 e. The molecular weight excluding hydrogens is 184 g/mol. The van der Waals surface area contributed by atoms with E-state index < -0.39 is 0 Å². The van der Waals surface area contributed by atoms with Crippen LogP contribution in [-0.4, -0.2) is 18.6 Å². The number of hydrogen-bond donors (Lipinski definition) is 2. The van der Waals surface area contributed by atoms with Gasteiger partial charge in [-0.3, -0.25) is 0 Å². The van der Waals surface area contributed by atoms with Gasteiger partial charge in [0.2, 0.25) is 0 Å². The zero-order valence-electron chi connectivity index (χ0n) is 10.1. The Morgan fingerprint density at radius 1 is 1.20 bits per heavy atom. The summed E-state index contributed by atoms with van der Waals surface area (Å²) in [6.45, 7) is 3.60. The van der Waals surface area contributed by atoms with Gasteiger partial charge in [0, 0.05) is 18.6 Å². The molecule has 0 aromatic carbocycles. The van der Waals surface area contributed by atoms with Crippen LogP contribution < -0.4 is 11.1 Å². The summed E-state index contributed by atoms with van der Waals surface area (Å²) in [7, 11) is 0. The Morgan fingerprint density at radius 3 is 2.33 bits per heavy atom. The normalized spacial score (nSPS) is 34.8. The molecule has 2 heteroatoms. The lowest BCUT2D eigenvalue weighted by Crippen LogP contribution is -2.45. The molecule has 0 spiro atoms. The first kappa shape index (κ1) is 11.4. The highest BCUT2D eigenvalue weighted by Gasteiger charge is 2.35. The summed E-state index contributed by atoms with van der Waals surface area (Å²) in [6.07, 6.45) is 10.7. The summed E-state index contributed by atoms with van der Waals surface area (Å²) in [6, 6.07) is 1.24. The maximum atomic E-state index is 5.91. The molecule has 0 saturated heterocycles. The van der Waals surface area contributed by atoms with Gasteiger partial charge in [-0.25, -0.2) is 0 Å². The number of nitrogens with one attached hydrogen (secondary N) is 1. The van der Waals surface area contributed by atoms with Gasteiger partial charge in [0.05, 0.1) is 0 Å². The van der Waals surface area contributed by atoms with Crippen LogP contribution in [0.25, 0.3) is 0 Å². The van der Waals surface area contributed by atoms with E-state index in [1.165, 1.54) is 57.9 Å². The molecular formula is C13H26N2. The van der Waals surface area contributed by atoms with E-state index in [4.69, 9.17) is 5.73 Å². The van der Waals surface area contributed by atoms with Gasteiger partial charge in [0.1, 0.15) is 0 Å². The van der Waals surface area contributed by atoms with Crippen molar-refractivity contribution in [3.8, 4) is 0 Å². The minimum Gasteiger partial charge on any atom is -0.328 e. The lowest BCUT2D eigenvalue weighted by Gasteiger charge is -2.43. The van der Waals surface area contributed by atoms with Crippen molar-refractivity contribution in [3.05, 3.63) is 0 Å². The molecule has 0 amide bonds. The van der Waals surface area contributed by atoms with E-state index in [0.717, 1.165) is 6.04 Å². The molecule has 0 aromatic rings. The van der Waals surface area contributed by atoms with Crippen LogP contribution in [0, 0.1) is 5.41 Å². The second kappa shape index (κ2) is 4.84. The van der Waals surface area contributed by atoms with Crippen LogP contribution in [0.2, 0.25) is 0 Å². The predicted molar refractivity (Wildman–Crippen MR) is 64.8 cm³/mol. The Bertz CT molecular complexity index is 185. The lowest BCUT2D eigenvalue weighted by molar-refractivity contribution is 0.115. The number of nitrogens with two attached hydrogens (primary N) is 1. The summed E-state index contributed by atoms with van der Waals surface area (Å²) in [5, 5.41) is 3.78. The van der Waals surface area contributed by atoms with Crippen LogP contribution in [0.4, 0.5) is 0 Å². The van der Waals surface area contributed by atoms with Crippen molar-refractivity contribution < 1.29 is 0 Å². The molecule has 2 fully saturated rings. The maximum absolute atomic E-state index is 5.91. The van der Waals surface area contributed by atoms with Gasteiger partial charge >= 0.3 is 0 Å². The molecule has 0 bridgehead atoms. The fourth-order valence-electron chi connectivity index (χ4n) is 3.02. The molecule has 0 heterocycles. The Labute approximate surface area is 94.0 Å². The molecule has 15 heavy (non-hydrogen) atoms. The molecule has 2 saturated carbocycles. The third kappa shape index (κ3) is 2.73. The van der Waals surface area contributed by atoms with E-state index in [-0.39, 0.29) is 0 Å². The Morgan fingerprint density at radius 2 is 1.87 bits per heavy atom. The summed E-state index contributed by atoms with van der Waals surface area (Å²) >= 11 is 0. The Hall–Kier alpha value is -0.0800. The molecule has 2 aliphatic carbocycles. The zero-order valence-corrected chi connectivity index (χ0v) is 10.1. The SMILES string of the molecule is CCC1(CNC2CCC(N)CC2)CCC1. The minimum absolute atomic E-state index is 0.479. The van der Waals surface area contributed by atoms with Crippen LogP contribution in [-0.2, 0) is 0 Å². The third-order valence-corrected chi connectivity index (χ3v) is 4.70. The first-order chi connectivity index (χ1) is 7.24. The Balaban J connectivity index is 1.69. The van der Waals surface area contributed by atoms with Crippen LogP contribution in [0.1, 0.15) is 58.3 Å². The average Bonchev–Trinajstić information content (AvgIpc) is 2.20. The topological polar surface area (TPSA) is 38.0 Å². The average molecular weight is 210 g/mol. The lowest BCUT2D eigenvalue weighted by atomic mass is 9.67. The molecule has 0 aliphatic heterocycles. The molecule has 3 N–H and O–H groups in total. The van der Waals surface area contributed by atoms with Crippen molar-refractivity contribution in [2.24, 2.45) is 11.1 Å². The molecule has 0 unspecified atom stereocenters. The quantitative estimate of drug-likeness (QED) is 0.748. The summed E-state index contributed by atoms with van der Waals surface area (Å²) in [4.78, 5) is 0. The summed E-state index contributed by atoms with van der Waals surface area (Å²) in [5.74, 6) is 0. The summed E-state index contributed by atoms with van der Waals surface area (Å²) in [5.41, 5.74) is 6.58. The fraction of sp³-hybridized carbons (Fsp3) is 1.00. The molecule has 2 rings (SSSR count). The highest BCUT2D eigenvalue weighted by atomic mass is 14.9. The minimum atomic E-state index is 0.479. The molecule has 2 nitrogen and oxygen atoms in total. The standard InChI is InChI=1S/C13H26N2/c1-2-13(8-3-9-13)10-15-12-6-4-11(14)5-7-12/h11-12,15H,2-10,14H2,1H3. The molecule has 0 atom stereocenters. The van der Waals surface area contributed by atoms with Crippen molar-refractivity contribution in [3.63, 3.8) is 0 Å². The van der Waals surface area contributed by atoms with Gasteiger partial charge in [0.25, 0.3) is 0 Å². The molecule has 0 aromatic heterocycles. The van der Waals surface area contributed by atoms with Gasteiger partial charge in [-0.2, -0.15) is 0 Å². The van der Waals surface area contributed by atoms with Gasteiger partial charge in [-0.15, -0.1) is 0 Å². The molecule has 88 valence electrons. The number of hydrogen-bond acceptors (Lipinski definition) is 2. The van der Waals surface area contributed by atoms with Crippen LogP contribution >= 0.6 is 0 Å². The van der Waals surface area contributed by atoms with E-state index >= 15 is 0 Å². The Kier molecular flexibility index (Phi) is 3.68. The predicted octanol–water partition coefficient (Wildman–Crippen LogP) is 2.43. The fourth-order valence-corrected chi connectivity index (χ4v) is 3.02. The van der Waals surface area contributed by atoms with Crippen molar-refractivity contribution in [1.82, 2.24) is 5.32 Å². The first-order valence-electron chi connectivity index (χ1n) is 6.73. The molecule has 2 aliphatic rings. The van der Waals surface area contributed by atoms with Gasteiger partial charge in [-0.1, -0.05) is 13.3 Å². The first-order valence-corrected chi connectivity index (χ1v) is 6.73. The van der Waals surface area contributed by atoms with Gasteiger partial charge in [-0.05, 0) is 50.4 Å². The highest BCUT2D eigenvalue weighted by Crippen LogP contribution is 2.43. The maximum Gasteiger partial charge on any atom is 0.00684 e. The van der Waals surface area contributed by atoms with Gasteiger partial charge < -0.3 is 11.1 Å². The molecule has 0 radical (unpaired) electrons. The smallest absolute Gasteiger partial charge is 0.00684 e. The third-order valence-electron chi connectivity index (χ3n) is 4.70. The summed E-state index contributed by atoms with van der Waals surface area (Å²) < 4.78 is 0. The highest BCUT2D eigenvalue weighted by molar-refractivity contribution is 4.90. The second-order valence-electron chi connectivity index (χ2n) is 5.70. The van der Waals surface area contributed by atoms with Crippen LogP contribution in [0.15, 0.2) is 0 Å². The van der Waals surface area contributed by atoms with Gasteiger partial charge in [0.15, 0.2) is 0 Å². The van der Waals surface area contributed by atoms with E-state index in [2.05, 4.69) is 12.2 Å². The monoisotopic (exact) mass is 210 g/mol.